The highest BCUT2D eigenvalue weighted by Crippen LogP contribution is 2.08. The van der Waals surface area contributed by atoms with Crippen molar-refractivity contribution < 1.29 is 14.7 Å². The van der Waals surface area contributed by atoms with Crippen LogP contribution in [0.15, 0.2) is 29.3 Å². The van der Waals surface area contributed by atoms with Crippen LogP contribution in [0.4, 0.5) is 0 Å². The fourth-order valence-corrected chi connectivity index (χ4v) is 2.75. The molecule has 0 aliphatic carbocycles. The third-order valence-corrected chi connectivity index (χ3v) is 4.45. The molecule has 0 spiro atoms. The molecule has 0 saturated carbocycles. The van der Waals surface area contributed by atoms with E-state index in [0.29, 0.717) is 6.42 Å². The van der Waals surface area contributed by atoms with E-state index < -0.39 is 12.0 Å². The van der Waals surface area contributed by atoms with Crippen LogP contribution in [0, 0.1) is 0 Å². The van der Waals surface area contributed by atoms with E-state index in [1.165, 1.54) is 19.3 Å². The molecule has 0 saturated heterocycles. The monoisotopic (exact) mass is 408 g/mol. The van der Waals surface area contributed by atoms with Gasteiger partial charge in [-0.3, -0.25) is 9.79 Å². The van der Waals surface area contributed by atoms with Gasteiger partial charge >= 0.3 is 5.97 Å². The number of carbonyl (C=O) groups excluding carboxylic acids is 1. The Bertz CT molecular complexity index is 526. The quantitative estimate of drug-likeness (QED) is 0.119. The first-order chi connectivity index (χ1) is 14.0. The minimum Gasteiger partial charge on any atom is -0.480 e. The summed E-state index contributed by atoms with van der Waals surface area (Å²) in [4.78, 5) is 26.8. The number of allylic oxidation sites excluding steroid dienone is 4. The van der Waals surface area contributed by atoms with E-state index in [9.17, 15) is 9.59 Å². The van der Waals surface area contributed by atoms with E-state index in [4.69, 9.17) is 16.6 Å². The van der Waals surface area contributed by atoms with Gasteiger partial charge in [0.25, 0.3) is 0 Å². The van der Waals surface area contributed by atoms with Crippen molar-refractivity contribution in [1.29, 1.82) is 0 Å². The second kappa shape index (κ2) is 19.0. The number of hydrogen-bond acceptors (Lipinski definition) is 3. The summed E-state index contributed by atoms with van der Waals surface area (Å²) in [5, 5.41) is 11.7. The van der Waals surface area contributed by atoms with E-state index in [0.717, 1.165) is 44.9 Å². The zero-order valence-electron chi connectivity index (χ0n) is 17.9. The van der Waals surface area contributed by atoms with Crippen molar-refractivity contribution >= 4 is 17.8 Å². The molecule has 0 fully saturated rings. The van der Waals surface area contributed by atoms with E-state index in [1.807, 2.05) is 0 Å². The number of carboxylic acid groups (broad SMARTS) is 1. The van der Waals surface area contributed by atoms with Crippen LogP contribution in [0.5, 0.6) is 0 Å². The molecule has 0 aromatic carbocycles. The zero-order chi connectivity index (χ0) is 21.7. The van der Waals surface area contributed by atoms with Crippen LogP contribution in [-0.4, -0.2) is 35.5 Å². The summed E-state index contributed by atoms with van der Waals surface area (Å²) in [5.74, 6) is -1.40. The molecule has 1 atom stereocenters. The molecule has 0 radical (unpaired) electrons. The highest BCUT2D eigenvalue weighted by atomic mass is 16.4. The van der Waals surface area contributed by atoms with Crippen molar-refractivity contribution in [2.45, 2.75) is 90.0 Å². The summed E-state index contributed by atoms with van der Waals surface area (Å²) in [5.41, 5.74) is 10.4. The summed E-state index contributed by atoms with van der Waals surface area (Å²) in [6.45, 7) is 2.37. The number of hydrogen-bond donors (Lipinski definition) is 4. The van der Waals surface area contributed by atoms with E-state index in [-0.39, 0.29) is 24.8 Å². The summed E-state index contributed by atoms with van der Waals surface area (Å²) >= 11 is 0. The maximum atomic E-state index is 11.9. The standard InChI is InChI=1S/C22H40N4O3/c1-2-3-4-5-6-7-8-9-10-11-12-13-14-15-16-20(27)26-19(21(28)29)17-18-25-22(23)24/h5-6,8-9,19H,2-4,7,10-18H2,1H3,(H,26,27)(H,28,29)(H4,23,24,25)/b6-5-,9-8-/t19-/m0/s1. The van der Waals surface area contributed by atoms with Crippen LogP contribution in [0.25, 0.3) is 0 Å². The molecule has 1 amide bonds. The van der Waals surface area contributed by atoms with Crippen LogP contribution >= 0.6 is 0 Å². The van der Waals surface area contributed by atoms with Crippen molar-refractivity contribution in [1.82, 2.24) is 5.32 Å². The molecule has 0 aliphatic rings. The van der Waals surface area contributed by atoms with Gasteiger partial charge < -0.3 is 21.9 Å². The van der Waals surface area contributed by atoms with Crippen molar-refractivity contribution in [2.75, 3.05) is 6.54 Å². The number of nitrogens with zero attached hydrogens (tertiary/aromatic N) is 1. The Labute approximate surface area is 175 Å². The number of aliphatic carboxylic acids is 1. The molecule has 0 heterocycles. The van der Waals surface area contributed by atoms with Crippen LogP contribution in [0.1, 0.15) is 84.0 Å². The largest absolute Gasteiger partial charge is 0.480 e. The SMILES string of the molecule is CCCC/C=C\C/C=C\CCCCCCCC(=O)N[C@@H](CCN=C(N)N)C(=O)O. The molecular formula is C22H40N4O3. The van der Waals surface area contributed by atoms with Gasteiger partial charge in [0.2, 0.25) is 5.91 Å². The number of unbranched alkanes of at least 4 members (excludes halogenated alkanes) is 7. The summed E-state index contributed by atoms with van der Waals surface area (Å²) in [6, 6.07) is -0.959. The van der Waals surface area contributed by atoms with Crippen molar-refractivity contribution in [2.24, 2.45) is 16.5 Å². The lowest BCUT2D eigenvalue weighted by molar-refractivity contribution is -0.142. The smallest absolute Gasteiger partial charge is 0.326 e. The average Bonchev–Trinajstić information content (AvgIpc) is 2.67. The van der Waals surface area contributed by atoms with Crippen molar-refractivity contribution in [3.05, 3.63) is 24.3 Å². The molecule has 0 aliphatic heterocycles. The van der Waals surface area contributed by atoms with Gasteiger partial charge in [-0.15, -0.1) is 0 Å². The van der Waals surface area contributed by atoms with Gasteiger partial charge in [-0.1, -0.05) is 63.3 Å². The highest BCUT2D eigenvalue weighted by Gasteiger charge is 2.19. The number of carboxylic acids is 1. The predicted molar refractivity (Wildman–Crippen MR) is 120 cm³/mol. The third-order valence-electron chi connectivity index (χ3n) is 4.45. The Morgan fingerprint density at radius 3 is 2.21 bits per heavy atom. The molecule has 0 bridgehead atoms. The summed E-state index contributed by atoms with van der Waals surface area (Å²) in [6.07, 6.45) is 20.4. The molecule has 0 rings (SSSR count). The molecule has 7 heteroatoms. The predicted octanol–water partition coefficient (Wildman–Crippen LogP) is 3.64. The number of amides is 1. The Morgan fingerprint density at radius 2 is 1.59 bits per heavy atom. The number of carbonyl (C=O) groups is 2. The second-order valence-corrected chi connectivity index (χ2v) is 7.18. The van der Waals surface area contributed by atoms with Crippen LogP contribution in [0.3, 0.4) is 0 Å². The molecule has 166 valence electrons. The number of nitrogens with two attached hydrogens (primary N) is 2. The van der Waals surface area contributed by atoms with Crippen LogP contribution in [0.2, 0.25) is 0 Å². The van der Waals surface area contributed by atoms with Gasteiger partial charge in [0.05, 0.1) is 0 Å². The molecule has 7 nitrogen and oxygen atoms in total. The fourth-order valence-electron chi connectivity index (χ4n) is 2.75. The minimum absolute atomic E-state index is 0.0878. The lowest BCUT2D eigenvalue weighted by Crippen LogP contribution is -2.41. The first-order valence-corrected chi connectivity index (χ1v) is 10.8. The van der Waals surface area contributed by atoms with E-state index >= 15 is 0 Å². The number of nitrogens with one attached hydrogen (secondary N) is 1. The van der Waals surface area contributed by atoms with Crippen LogP contribution in [-0.2, 0) is 9.59 Å². The van der Waals surface area contributed by atoms with Gasteiger partial charge in [0.15, 0.2) is 5.96 Å². The van der Waals surface area contributed by atoms with E-state index in [2.05, 4.69) is 41.5 Å². The number of guanidine groups is 1. The molecular weight excluding hydrogens is 368 g/mol. The lowest BCUT2D eigenvalue weighted by atomic mass is 10.1. The Morgan fingerprint density at radius 1 is 0.966 bits per heavy atom. The fraction of sp³-hybridized carbons (Fsp3) is 0.682. The van der Waals surface area contributed by atoms with Crippen LogP contribution < -0.4 is 16.8 Å². The second-order valence-electron chi connectivity index (χ2n) is 7.18. The van der Waals surface area contributed by atoms with Gasteiger partial charge in [-0.2, -0.15) is 0 Å². The van der Waals surface area contributed by atoms with Crippen molar-refractivity contribution in [3.8, 4) is 0 Å². The topological polar surface area (TPSA) is 131 Å². The highest BCUT2D eigenvalue weighted by molar-refractivity contribution is 5.83. The number of rotatable bonds is 18. The van der Waals surface area contributed by atoms with Crippen molar-refractivity contribution in [3.63, 3.8) is 0 Å². The first-order valence-electron chi connectivity index (χ1n) is 10.8. The molecule has 0 unspecified atom stereocenters. The summed E-state index contributed by atoms with van der Waals surface area (Å²) in [7, 11) is 0. The summed E-state index contributed by atoms with van der Waals surface area (Å²) < 4.78 is 0. The van der Waals surface area contributed by atoms with E-state index in [1.54, 1.807) is 0 Å². The maximum absolute atomic E-state index is 11.9. The normalized spacial score (nSPS) is 12.3. The molecule has 0 aromatic heterocycles. The maximum Gasteiger partial charge on any atom is 0.326 e. The van der Waals surface area contributed by atoms with Gasteiger partial charge in [0.1, 0.15) is 6.04 Å². The third kappa shape index (κ3) is 18.8. The Kier molecular flexibility index (Phi) is 17.5. The molecule has 6 N–H and O–H groups in total. The molecule has 29 heavy (non-hydrogen) atoms. The average molecular weight is 409 g/mol. The zero-order valence-corrected chi connectivity index (χ0v) is 17.9. The molecule has 0 aromatic rings. The van der Waals surface area contributed by atoms with Gasteiger partial charge in [0, 0.05) is 13.0 Å². The van der Waals surface area contributed by atoms with Gasteiger partial charge in [-0.25, -0.2) is 4.79 Å². The van der Waals surface area contributed by atoms with Gasteiger partial charge in [-0.05, 0) is 38.5 Å². The first kappa shape index (κ1) is 26.7. The Balaban J connectivity index is 3.68. The number of aliphatic imine (C=N–C) groups is 1. The minimum atomic E-state index is -1.08. The lowest BCUT2D eigenvalue weighted by Gasteiger charge is -2.13. The Hall–Kier alpha value is -2.31.